The molecule has 0 saturated heterocycles. The monoisotopic (exact) mass is 386 g/mol. The van der Waals surface area contributed by atoms with Gasteiger partial charge in [0.15, 0.2) is 0 Å². The molecule has 0 aliphatic heterocycles. The zero-order valence-electron chi connectivity index (χ0n) is 14.0. The van der Waals surface area contributed by atoms with Crippen molar-refractivity contribution in [1.29, 1.82) is 0 Å². The lowest BCUT2D eigenvalue weighted by Gasteiger charge is -2.42. The van der Waals surface area contributed by atoms with Crippen LogP contribution in [0.5, 0.6) is 0 Å². The summed E-state index contributed by atoms with van der Waals surface area (Å²) in [6.07, 6.45) is 3.77. The molecule has 2 aromatic rings. The first-order valence-corrected chi connectivity index (χ1v) is 9.63. The Hall–Kier alpha value is -1.41. The summed E-state index contributed by atoms with van der Waals surface area (Å²) in [6.45, 7) is 2.32. The molecule has 1 aliphatic rings. The van der Waals surface area contributed by atoms with Crippen molar-refractivity contribution in [3.63, 3.8) is 0 Å². The van der Waals surface area contributed by atoms with Gasteiger partial charge < -0.3 is 10.2 Å². The molecule has 2 unspecified atom stereocenters. The van der Waals surface area contributed by atoms with Gasteiger partial charge in [-0.25, -0.2) is 17.9 Å². The third kappa shape index (κ3) is 3.89. The number of hydrogen-bond donors (Lipinski definition) is 2. The summed E-state index contributed by atoms with van der Waals surface area (Å²) < 4.78 is 33.6. The van der Waals surface area contributed by atoms with E-state index in [1.54, 1.807) is 6.07 Å². The van der Waals surface area contributed by atoms with E-state index in [1.807, 2.05) is 6.92 Å². The number of nitrogens with two attached hydrogens (primary N) is 1. The number of halogens is 1. The quantitative estimate of drug-likeness (QED) is 0.785. The summed E-state index contributed by atoms with van der Waals surface area (Å²) in [5.41, 5.74) is 5.24. The lowest BCUT2D eigenvalue weighted by Crippen LogP contribution is -2.58. The van der Waals surface area contributed by atoms with E-state index in [2.05, 4.69) is 4.72 Å². The maximum absolute atomic E-state index is 12.9. The second kappa shape index (κ2) is 7.45. The minimum Gasteiger partial charge on any atom is -0.423 e. The molecule has 0 bridgehead atoms. The first kappa shape index (κ1) is 19.9. The lowest BCUT2D eigenvalue weighted by molar-refractivity contribution is 0.191. The fraction of sp³-hybridized carbons (Fsp3) is 0.471. The largest absolute Gasteiger partial charge is 0.423 e. The van der Waals surface area contributed by atoms with E-state index >= 15 is 0 Å². The van der Waals surface area contributed by atoms with E-state index in [1.165, 1.54) is 24.3 Å². The van der Waals surface area contributed by atoms with Gasteiger partial charge in [0.25, 0.3) is 0 Å². The summed E-state index contributed by atoms with van der Waals surface area (Å²) in [4.78, 5) is 11.4. The Morgan fingerprint density at radius 2 is 2.04 bits per heavy atom. The van der Waals surface area contributed by atoms with Gasteiger partial charge in [-0.3, -0.25) is 0 Å². The van der Waals surface area contributed by atoms with Gasteiger partial charge in [-0.05, 0) is 43.0 Å². The molecule has 3 N–H and O–H groups in total. The third-order valence-corrected chi connectivity index (χ3v) is 6.61. The van der Waals surface area contributed by atoms with Crippen molar-refractivity contribution < 1.29 is 12.8 Å². The molecule has 1 fully saturated rings. The smallest absolute Gasteiger partial charge is 0.336 e. The molecule has 0 spiro atoms. The van der Waals surface area contributed by atoms with E-state index < -0.39 is 21.2 Å². The van der Waals surface area contributed by atoms with Crippen molar-refractivity contribution in [1.82, 2.24) is 4.72 Å². The van der Waals surface area contributed by atoms with Crippen molar-refractivity contribution in [2.75, 3.05) is 6.54 Å². The Morgan fingerprint density at radius 3 is 2.72 bits per heavy atom. The second-order valence-corrected chi connectivity index (χ2v) is 8.25. The molecular weight excluding hydrogens is 364 g/mol. The molecule has 2 atom stereocenters. The molecule has 138 valence electrons. The minimum absolute atomic E-state index is 0. The van der Waals surface area contributed by atoms with Crippen LogP contribution in [0.15, 0.2) is 44.4 Å². The minimum atomic E-state index is -3.71. The number of fused-ring (bicyclic) bond motifs is 1. The molecule has 1 saturated carbocycles. The average Bonchev–Trinajstić information content (AvgIpc) is 2.56. The summed E-state index contributed by atoms with van der Waals surface area (Å²) in [7, 11) is -3.71. The predicted molar refractivity (Wildman–Crippen MR) is 99.5 cm³/mol. The highest BCUT2D eigenvalue weighted by Crippen LogP contribution is 2.34. The zero-order valence-corrected chi connectivity index (χ0v) is 15.7. The van der Waals surface area contributed by atoms with Crippen LogP contribution in [0.2, 0.25) is 0 Å². The van der Waals surface area contributed by atoms with E-state index in [4.69, 9.17) is 10.2 Å². The molecule has 0 amide bonds. The van der Waals surface area contributed by atoms with Crippen LogP contribution in [-0.4, -0.2) is 20.5 Å². The van der Waals surface area contributed by atoms with Crippen LogP contribution in [0, 0.1) is 5.92 Å². The van der Waals surface area contributed by atoms with Gasteiger partial charge >= 0.3 is 5.63 Å². The zero-order chi connectivity index (χ0) is 17.4. The van der Waals surface area contributed by atoms with E-state index in [9.17, 15) is 13.2 Å². The van der Waals surface area contributed by atoms with Crippen molar-refractivity contribution in [3.8, 4) is 0 Å². The van der Waals surface area contributed by atoms with Crippen LogP contribution >= 0.6 is 12.4 Å². The van der Waals surface area contributed by atoms with Crippen LogP contribution in [0.3, 0.4) is 0 Å². The Morgan fingerprint density at radius 1 is 1.28 bits per heavy atom. The fourth-order valence-corrected chi connectivity index (χ4v) is 5.02. The molecule has 8 heteroatoms. The molecule has 6 nitrogen and oxygen atoms in total. The first-order chi connectivity index (χ1) is 11.4. The van der Waals surface area contributed by atoms with Crippen LogP contribution < -0.4 is 16.1 Å². The average molecular weight is 387 g/mol. The molecule has 1 aliphatic carbocycles. The molecule has 1 aromatic heterocycles. The summed E-state index contributed by atoms with van der Waals surface area (Å²) in [5.74, 6) is 0.185. The molecule has 1 aromatic carbocycles. The van der Waals surface area contributed by atoms with E-state index in [-0.39, 0.29) is 29.8 Å². The van der Waals surface area contributed by atoms with Crippen molar-refractivity contribution in [2.45, 2.75) is 43.0 Å². The Labute approximate surface area is 153 Å². The van der Waals surface area contributed by atoms with Gasteiger partial charge in [0.2, 0.25) is 10.0 Å². The number of nitrogens with one attached hydrogen (secondary N) is 1. The number of hydrogen-bond acceptors (Lipinski definition) is 5. The van der Waals surface area contributed by atoms with Crippen molar-refractivity contribution in [3.05, 3.63) is 40.8 Å². The Balaban J connectivity index is 0.00000225. The molecule has 0 radical (unpaired) electrons. The predicted octanol–water partition coefficient (Wildman–Crippen LogP) is 2.40. The summed E-state index contributed by atoms with van der Waals surface area (Å²) >= 11 is 0. The van der Waals surface area contributed by atoms with Gasteiger partial charge in [-0.1, -0.05) is 19.8 Å². The standard InChI is InChI=1S/C17H22N2O4S.ClH/c1-12-4-2-3-9-17(12,11-18)19-24(21,22)14-6-7-15-13(10-14)5-8-16(20)23-15;/h5-8,10,12,19H,2-4,9,11,18H2,1H3;1H. The molecular formula is C17H23ClN2O4S. The summed E-state index contributed by atoms with van der Waals surface area (Å²) in [5, 5.41) is 0.566. The number of rotatable bonds is 4. The Kier molecular flexibility index (Phi) is 5.93. The van der Waals surface area contributed by atoms with Crippen molar-refractivity contribution >= 4 is 33.4 Å². The highest BCUT2D eigenvalue weighted by Gasteiger charge is 2.40. The molecule has 3 rings (SSSR count). The maximum Gasteiger partial charge on any atom is 0.336 e. The van der Waals surface area contributed by atoms with Crippen LogP contribution in [0.1, 0.15) is 32.6 Å². The lowest BCUT2D eigenvalue weighted by atomic mass is 9.74. The second-order valence-electron chi connectivity index (χ2n) is 6.57. The van der Waals surface area contributed by atoms with Crippen molar-refractivity contribution in [2.24, 2.45) is 11.7 Å². The highest BCUT2D eigenvalue weighted by molar-refractivity contribution is 7.89. The molecule has 1 heterocycles. The highest BCUT2D eigenvalue weighted by atomic mass is 35.5. The normalized spacial score (nSPS) is 24.0. The topological polar surface area (TPSA) is 102 Å². The summed E-state index contributed by atoms with van der Waals surface area (Å²) in [6, 6.07) is 7.30. The van der Waals surface area contributed by atoms with E-state index in [0.29, 0.717) is 11.0 Å². The van der Waals surface area contributed by atoms with Gasteiger partial charge in [-0.2, -0.15) is 0 Å². The van der Waals surface area contributed by atoms with Gasteiger partial charge in [0.05, 0.1) is 4.90 Å². The SMILES string of the molecule is CC1CCCCC1(CN)NS(=O)(=O)c1ccc2oc(=O)ccc2c1.Cl. The first-order valence-electron chi connectivity index (χ1n) is 8.14. The fourth-order valence-electron chi connectivity index (χ4n) is 3.45. The van der Waals surface area contributed by atoms with Crippen LogP contribution in [0.25, 0.3) is 11.0 Å². The van der Waals surface area contributed by atoms with Gasteiger partial charge in [-0.15, -0.1) is 12.4 Å². The number of benzene rings is 1. The van der Waals surface area contributed by atoms with Gasteiger partial charge in [0, 0.05) is 23.5 Å². The third-order valence-electron chi connectivity index (χ3n) is 5.06. The van der Waals surface area contributed by atoms with Crippen LogP contribution in [0.4, 0.5) is 0 Å². The van der Waals surface area contributed by atoms with E-state index in [0.717, 1.165) is 25.7 Å². The Bertz CT molecular complexity index is 912. The molecule has 25 heavy (non-hydrogen) atoms. The van der Waals surface area contributed by atoms with Gasteiger partial charge in [0.1, 0.15) is 5.58 Å². The maximum atomic E-state index is 12.9. The van der Waals surface area contributed by atoms with Crippen LogP contribution in [-0.2, 0) is 10.0 Å². The number of sulfonamides is 1.